The van der Waals surface area contributed by atoms with E-state index in [1.165, 1.54) is 43.2 Å². The Kier molecular flexibility index (Phi) is 8.83. The Morgan fingerprint density at radius 2 is 1.94 bits per heavy atom. The predicted molar refractivity (Wildman–Crippen MR) is 198 cm³/mol. The Morgan fingerprint density at radius 1 is 1.12 bits per heavy atom. The van der Waals surface area contributed by atoms with Crippen LogP contribution in [0, 0.1) is 5.82 Å². The second-order valence-corrected chi connectivity index (χ2v) is 14.8. The Balaban J connectivity index is 1.10. The Morgan fingerprint density at radius 3 is 2.67 bits per heavy atom. The monoisotopic (exact) mass is 709 g/mol. The van der Waals surface area contributed by atoms with Crippen LogP contribution in [-0.4, -0.2) is 73.8 Å². The number of thiophene rings is 1. The third-order valence-electron chi connectivity index (χ3n) is 10.5. The number of fused-ring (bicyclic) bond motifs is 3. The van der Waals surface area contributed by atoms with Crippen LogP contribution in [-0.2, 0) is 31.2 Å². The van der Waals surface area contributed by atoms with Crippen LogP contribution < -0.4 is 21.3 Å². The number of ether oxygens (including phenoxy) is 1. The number of halogens is 1. The SMILES string of the molecule is C=C[C@H]1CN(C2COC2)[C@H](C)CN1c1ccc(Nc2cc(-c3cc(F)cc(-n4ncc5c6c(sc5c4=O)CCCC6)c3CO)cn(C)c2=O)nc1. The lowest BCUT2D eigenvalue weighted by atomic mass is 9.97. The fourth-order valence-corrected chi connectivity index (χ4v) is 9.00. The van der Waals surface area contributed by atoms with E-state index in [1.807, 2.05) is 18.2 Å². The average Bonchev–Trinajstić information content (AvgIpc) is 3.50. The van der Waals surface area contributed by atoms with Gasteiger partial charge in [0.1, 0.15) is 22.0 Å². The molecule has 4 aromatic heterocycles. The van der Waals surface area contributed by atoms with Crippen molar-refractivity contribution in [2.24, 2.45) is 7.05 Å². The van der Waals surface area contributed by atoms with Crippen molar-refractivity contribution in [3.8, 4) is 16.8 Å². The second-order valence-electron chi connectivity index (χ2n) is 13.7. The summed E-state index contributed by atoms with van der Waals surface area (Å²) in [6, 6.07) is 8.83. The van der Waals surface area contributed by atoms with E-state index in [4.69, 9.17) is 4.74 Å². The van der Waals surface area contributed by atoms with Gasteiger partial charge in [0.15, 0.2) is 0 Å². The Bertz CT molecular complexity index is 2260. The summed E-state index contributed by atoms with van der Waals surface area (Å²) in [6.45, 7) is 9.03. The highest BCUT2D eigenvalue weighted by molar-refractivity contribution is 7.19. The number of nitrogens with one attached hydrogen (secondary N) is 1. The molecule has 51 heavy (non-hydrogen) atoms. The van der Waals surface area contributed by atoms with Crippen LogP contribution in [0.3, 0.4) is 0 Å². The second kappa shape index (κ2) is 13.5. The van der Waals surface area contributed by atoms with Gasteiger partial charge in [-0.25, -0.2) is 9.37 Å². The molecule has 2 fully saturated rings. The number of aryl methyl sites for hydroxylation is 3. The van der Waals surface area contributed by atoms with Crippen LogP contribution in [0.2, 0.25) is 0 Å². The van der Waals surface area contributed by atoms with E-state index in [1.54, 1.807) is 31.7 Å². The molecule has 8 rings (SSSR count). The third kappa shape index (κ3) is 5.97. The molecule has 5 aromatic rings. The van der Waals surface area contributed by atoms with Gasteiger partial charge in [-0.2, -0.15) is 9.78 Å². The zero-order chi connectivity index (χ0) is 35.4. The molecule has 2 N–H and O–H groups in total. The lowest BCUT2D eigenvalue weighted by Crippen LogP contribution is -2.63. The average molecular weight is 710 g/mol. The molecule has 2 atom stereocenters. The van der Waals surface area contributed by atoms with Gasteiger partial charge in [-0.15, -0.1) is 17.9 Å². The molecule has 6 heterocycles. The number of hydrogen-bond donors (Lipinski definition) is 2. The number of nitrogens with zero attached hydrogens (tertiary/aromatic N) is 6. The minimum atomic E-state index is -0.605. The summed E-state index contributed by atoms with van der Waals surface area (Å²) in [6.07, 6.45) is 11.0. The smallest absolute Gasteiger partial charge is 0.289 e. The summed E-state index contributed by atoms with van der Waals surface area (Å²) < 4.78 is 24.0. The van der Waals surface area contributed by atoms with Gasteiger partial charge in [0.25, 0.3) is 11.1 Å². The van der Waals surface area contributed by atoms with Gasteiger partial charge < -0.3 is 24.6 Å². The van der Waals surface area contributed by atoms with Crippen molar-refractivity contribution < 1.29 is 14.2 Å². The van der Waals surface area contributed by atoms with Crippen molar-refractivity contribution in [3.05, 3.63) is 104 Å². The molecule has 0 unspecified atom stereocenters. The van der Waals surface area contributed by atoms with Gasteiger partial charge in [0.05, 0.1) is 55.7 Å². The van der Waals surface area contributed by atoms with Crippen LogP contribution >= 0.6 is 11.3 Å². The molecule has 1 aromatic carbocycles. The van der Waals surface area contributed by atoms with Gasteiger partial charge in [0, 0.05) is 59.8 Å². The van der Waals surface area contributed by atoms with E-state index in [2.05, 4.69) is 38.7 Å². The zero-order valence-electron chi connectivity index (χ0n) is 28.6. The number of benzene rings is 1. The highest BCUT2D eigenvalue weighted by Crippen LogP contribution is 2.36. The molecule has 0 saturated carbocycles. The molecule has 11 nitrogen and oxygen atoms in total. The van der Waals surface area contributed by atoms with Gasteiger partial charge >= 0.3 is 0 Å². The number of piperazine rings is 1. The Hall–Kier alpha value is -4.69. The van der Waals surface area contributed by atoms with Crippen LogP contribution in [0.25, 0.3) is 26.9 Å². The van der Waals surface area contributed by atoms with Crippen molar-refractivity contribution in [3.63, 3.8) is 0 Å². The van der Waals surface area contributed by atoms with Crippen molar-refractivity contribution in [2.45, 2.75) is 57.3 Å². The predicted octanol–water partition coefficient (Wildman–Crippen LogP) is 4.93. The molecule has 2 aliphatic heterocycles. The number of aliphatic hydroxyl groups excluding tert-OH is 1. The quantitative estimate of drug-likeness (QED) is 0.217. The van der Waals surface area contributed by atoms with Gasteiger partial charge in [-0.05, 0) is 68.0 Å². The van der Waals surface area contributed by atoms with Gasteiger partial charge in [-0.1, -0.05) is 6.08 Å². The number of anilines is 3. The van der Waals surface area contributed by atoms with Crippen LogP contribution in [0.4, 0.5) is 21.6 Å². The number of hydrogen-bond acceptors (Lipinski definition) is 10. The maximum atomic E-state index is 15.4. The molecular weight excluding hydrogens is 670 g/mol. The molecule has 0 bridgehead atoms. The normalized spacial score (nSPS) is 19.6. The van der Waals surface area contributed by atoms with E-state index in [-0.39, 0.29) is 28.5 Å². The summed E-state index contributed by atoms with van der Waals surface area (Å²) in [7, 11) is 1.61. The van der Waals surface area contributed by atoms with E-state index in [9.17, 15) is 14.7 Å². The molecule has 1 aliphatic carbocycles. The van der Waals surface area contributed by atoms with Crippen LogP contribution in [0.5, 0.6) is 0 Å². The van der Waals surface area contributed by atoms with E-state index >= 15 is 4.39 Å². The summed E-state index contributed by atoms with van der Waals surface area (Å²) >= 11 is 1.48. The van der Waals surface area contributed by atoms with Crippen molar-refractivity contribution in [1.29, 1.82) is 0 Å². The number of aromatic nitrogens is 4. The molecule has 13 heteroatoms. The zero-order valence-corrected chi connectivity index (χ0v) is 29.5. The van der Waals surface area contributed by atoms with E-state index < -0.39 is 12.4 Å². The van der Waals surface area contributed by atoms with E-state index in [0.29, 0.717) is 39.3 Å². The largest absolute Gasteiger partial charge is 0.392 e. The molecule has 264 valence electrons. The Labute approximate surface area is 298 Å². The first-order chi connectivity index (χ1) is 24.7. The standard InChI is InChI=1S/C38H40FN7O4S/c1-4-25-18-44(27-20-50-21-27)22(2)16-45(25)26-9-10-35(40-14-26)42-32-11-23(17-43(3)37(32)48)29-12-24(39)13-33(31(29)19-47)46-38(49)36-30(15-41-46)28-7-5-6-8-34(28)51-36/h4,9-15,17,22,25,27,47H,1,5-8,16,18-21H2,2-3H3,(H,40,42)/t22-,25+/m1/s1. The summed E-state index contributed by atoms with van der Waals surface area (Å²) in [5.74, 6) is -0.141. The molecule has 0 amide bonds. The van der Waals surface area contributed by atoms with Crippen molar-refractivity contribution in [2.75, 3.05) is 36.5 Å². The van der Waals surface area contributed by atoms with Crippen LogP contribution in [0.1, 0.15) is 35.8 Å². The number of rotatable bonds is 8. The lowest BCUT2D eigenvalue weighted by Gasteiger charge is -2.50. The van der Waals surface area contributed by atoms with Crippen molar-refractivity contribution >= 4 is 38.6 Å². The lowest BCUT2D eigenvalue weighted by molar-refractivity contribution is -0.0818. The molecular formula is C38H40FN7O4S. The first-order valence-electron chi connectivity index (χ1n) is 17.4. The van der Waals surface area contributed by atoms with Gasteiger partial charge in [0.2, 0.25) is 0 Å². The highest BCUT2D eigenvalue weighted by atomic mass is 32.1. The van der Waals surface area contributed by atoms with Crippen molar-refractivity contribution in [1.82, 2.24) is 24.2 Å². The number of aliphatic hydroxyl groups is 1. The molecule has 2 saturated heterocycles. The number of pyridine rings is 2. The molecule has 0 radical (unpaired) electrons. The third-order valence-corrected chi connectivity index (χ3v) is 11.8. The first-order valence-corrected chi connectivity index (χ1v) is 18.2. The summed E-state index contributed by atoms with van der Waals surface area (Å²) in [5.41, 5.74) is 2.98. The minimum absolute atomic E-state index is 0.117. The van der Waals surface area contributed by atoms with Crippen LogP contribution in [0.15, 0.2) is 71.2 Å². The fourth-order valence-electron chi connectivity index (χ4n) is 7.71. The van der Waals surface area contributed by atoms with Gasteiger partial charge in [-0.3, -0.25) is 14.5 Å². The van der Waals surface area contributed by atoms with E-state index in [0.717, 1.165) is 63.1 Å². The molecule has 0 spiro atoms. The first kappa shape index (κ1) is 33.5. The molecule has 3 aliphatic rings. The topological polar surface area (TPSA) is 118 Å². The summed E-state index contributed by atoms with van der Waals surface area (Å²) in [5, 5.41) is 19.1. The summed E-state index contributed by atoms with van der Waals surface area (Å²) in [4.78, 5) is 37.8. The maximum absolute atomic E-state index is 15.4. The fraction of sp³-hybridized carbons (Fsp3) is 0.368. The highest BCUT2D eigenvalue weighted by Gasteiger charge is 2.37. The maximum Gasteiger partial charge on any atom is 0.289 e. The minimum Gasteiger partial charge on any atom is -0.392 e.